The third kappa shape index (κ3) is 2.61. The molecule has 3 aromatic rings. The lowest BCUT2D eigenvalue weighted by molar-refractivity contribution is -0.122. The van der Waals surface area contributed by atoms with Crippen LogP contribution in [0, 0.1) is 6.92 Å². The summed E-state index contributed by atoms with van der Waals surface area (Å²) in [7, 11) is 0. The van der Waals surface area contributed by atoms with Gasteiger partial charge < -0.3 is 5.32 Å². The van der Waals surface area contributed by atoms with Crippen molar-refractivity contribution in [3.05, 3.63) is 65.5 Å². The van der Waals surface area contributed by atoms with E-state index in [1.807, 2.05) is 49.4 Å². The normalized spacial score (nSPS) is 22.2. The van der Waals surface area contributed by atoms with Gasteiger partial charge in [0.25, 0.3) is 0 Å². The van der Waals surface area contributed by atoms with Gasteiger partial charge in [-0.3, -0.25) is 9.69 Å². The highest BCUT2D eigenvalue weighted by Crippen LogP contribution is 2.43. The van der Waals surface area contributed by atoms with Gasteiger partial charge in [-0.25, -0.2) is 9.97 Å². The number of carbonyl (C=O) groups excluding carboxylic acids is 1. The monoisotopic (exact) mass is 358 g/mol. The molecule has 3 heterocycles. The van der Waals surface area contributed by atoms with E-state index < -0.39 is 5.41 Å². The fraction of sp³-hybridized carbons (Fsp3) is 0.318. The van der Waals surface area contributed by atoms with Gasteiger partial charge in [0.2, 0.25) is 5.91 Å². The molecule has 2 aromatic carbocycles. The van der Waals surface area contributed by atoms with Crippen LogP contribution in [0.4, 0.5) is 5.69 Å². The molecule has 1 saturated heterocycles. The van der Waals surface area contributed by atoms with E-state index >= 15 is 0 Å². The maximum absolute atomic E-state index is 12.9. The van der Waals surface area contributed by atoms with Crippen LogP contribution >= 0.6 is 0 Å². The van der Waals surface area contributed by atoms with Crippen LogP contribution < -0.4 is 5.32 Å². The van der Waals surface area contributed by atoms with Crippen LogP contribution in [0.5, 0.6) is 0 Å². The molecule has 136 valence electrons. The molecule has 0 bridgehead atoms. The zero-order valence-electron chi connectivity index (χ0n) is 15.4. The molecule has 0 radical (unpaired) electrons. The number of aryl methyl sites for hydroxylation is 1. The number of carbonyl (C=O) groups is 1. The average molecular weight is 358 g/mol. The predicted octanol–water partition coefficient (Wildman–Crippen LogP) is 3.42. The molecule has 1 amide bonds. The van der Waals surface area contributed by atoms with Crippen LogP contribution in [0.25, 0.3) is 11.0 Å². The Labute approximate surface area is 158 Å². The van der Waals surface area contributed by atoms with Crippen LogP contribution in [-0.2, 0) is 16.8 Å². The van der Waals surface area contributed by atoms with Gasteiger partial charge >= 0.3 is 0 Å². The Morgan fingerprint density at radius 2 is 1.81 bits per heavy atom. The Kier molecular flexibility index (Phi) is 3.72. The number of hydrogen-bond acceptors (Lipinski definition) is 4. The van der Waals surface area contributed by atoms with Crippen LogP contribution in [0.3, 0.4) is 0 Å². The molecule has 5 rings (SSSR count). The smallest absolute Gasteiger partial charge is 0.236 e. The molecule has 5 nitrogen and oxygen atoms in total. The first-order chi connectivity index (χ1) is 13.2. The SMILES string of the molecule is Cc1nc2ccccc2nc1CN1CCC[C@]2(C1)C(=O)Nc1ccccc12. The lowest BCUT2D eigenvalue weighted by atomic mass is 9.75. The number of fused-ring (bicyclic) bond motifs is 3. The van der Waals surface area contributed by atoms with E-state index in [4.69, 9.17) is 9.97 Å². The number of amides is 1. The van der Waals surface area contributed by atoms with E-state index in [1.165, 1.54) is 0 Å². The predicted molar refractivity (Wildman–Crippen MR) is 106 cm³/mol. The Hall–Kier alpha value is -2.79. The second kappa shape index (κ2) is 6.13. The third-order valence-electron chi connectivity index (χ3n) is 5.91. The number of rotatable bonds is 2. The second-order valence-electron chi connectivity index (χ2n) is 7.64. The van der Waals surface area contributed by atoms with Crippen molar-refractivity contribution < 1.29 is 4.79 Å². The minimum absolute atomic E-state index is 0.134. The topological polar surface area (TPSA) is 58.1 Å². The molecule has 2 aliphatic heterocycles. The van der Waals surface area contributed by atoms with E-state index in [0.29, 0.717) is 0 Å². The van der Waals surface area contributed by atoms with Crippen LogP contribution in [-0.4, -0.2) is 33.9 Å². The second-order valence-corrected chi connectivity index (χ2v) is 7.64. The van der Waals surface area contributed by atoms with Crippen molar-refractivity contribution in [2.75, 3.05) is 18.4 Å². The molecule has 0 saturated carbocycles. The molecular weight excluding hydrogens is 336 g/mol. The van der Waals surface area contributed by atoms with Crippen molar-refractivity contribution in [1.82, 2.24) is 14.9 Å². The van der Waals surface area contributed by atoms with Gasteiger partial charge in [0, 0.05) is 18.8 Å². The first-order valence-corrected chi connectivity index (χ1v) is 9.51. The van der Waals surface area contributed by atoms with Crippen molar-refractivity contribution in [3.8, 4) is 0 Å². The number of benzene rings is 2. The van der Waals surface area contributed by atoms with Gasteiger partial charge in [-0.05, 0) is 50.1 Å². The van der Waals surface area contributed by atoms with Crippen molar-refractivity contribution in [2.24, 2.45) is 0 Å². The van der Waals surface area contributed by atoms with E-state index in [9.17, 15) is 4.79 Å². The molecule has 0 unspecified atom stereocenters. The fourth-order valence-electron chi connectivity index (χ4n) is 4.54. The molecule has 1 spiro atoms. The summed E-state index contributed by atoms with van der Waals surface area (Å²) in [4.78, 5) is 24.8. The van der Waals surface area contributed by atoms with Gasteiger partial charge in [0.15, 0.2) is 0 Å². The van der Waals surface area contributed by atoms with Gasteiger partial charge in [0.05, 0.1) is 27.8 Å². The number of aromatic nitrogens is 2. The highest BCUT2D eigenvalue weighted by molar-refractivity contribution is 6.06. The number of nitrogens with zero attached hydrogens (tertiary/aromatic N) is 3. The maximum Gasteiger partial charge on any atom is 0.236 e. The summed E-state index contributed by atoms with van der Waals surface area (Å²) in [5.41, 5.74) is 5.48. The Morgan fingerprint density at radius 1 is 1.07 bits per heavy atom. The zero-order chi connectivity index (χ0) is 18.4. The summed E-state index contributed by atoms with van der Waals surface area (Å²) >= 11 is 0. The quantitative estimate of drug-likeness (QED) is 0.763. The molecule has 1 fully saturated rings. The summed E-state index contributed by atoms with van der Waals surface area (Å²) in [6.45, 7) is 4.45. The van der Waals surface area contributed by atoms with Crippen LogP contribution in [0.1, 0.15) is 29.8 Å². The van der Waals surface area contributed by atoms with Gasteiger partial charge in [-0.2, -0.15) is 0 Å². The highest BCUT2D eigenvalue weighted by atomic mass is 16.2. The Morgan fingerprint density at radius 3 is 2.67 bits per heavy atom. The van der Waals surface area contributed by atoms with Gasteiger partial charge in [-0.15, -0.1) is 0 Å². The molecule has 27 heavy (non-hydrogen) atoms. The number of likely N-dealkylation sites (tertiary alicyclic amines) is 1. The van der Waals surface area contributed by atoms with Crippen molar-refractivity contribution in [1.29, 1.82) is 0 Å². The summed E-state index contributed by atoms with van der Waals surface area (Å²) in [6.07, 6.45) is 1.90. The highest BCUT2D eigenvalue weighted by Gasteiger charge is 2.48. The Balaban J connectivity index is 1.46. The molecule has 2 aliphatic rings. The number of nitrogens with one attached hydrogen (secondary N) is 1. The number of para-hydroxylation sites is 3. The molecule has 1 atom stereocenters. The van der Waals surface area contributed by atoms with Gasteiger partial charge in [-0.1, -0.05) is 30.3 Å². The minimum atomic E-state index is -0.437. The van der Waals surface area contributed by atoms with Crippen molar-refractivity contribution in [2.45, 2.75) is 31.7 Å². The van der Waals surface area contributed by atoms with E-state index in [2.05, 4.69) is 16.3 Å². The zero-order valence-corrected chi connectivity index (χ0v) is 15.4. The average Bonchev–Trinajstić information content (AvgIpc) is 2.94. The summed E-state index contributed by atoms with van der Waals surface area (Å²) in [6, 6.07) is 16.1. The third-order valence-corrected chi connectivity index (χ3v) is 5.91. The van der Waals surface area contributed by atoms with E-state index in [1.54, 1.807) is 0 Å². The van der Waals surface area contributed by atoms with E-state index in [-0.39, 0.29) is 5.91 Å². The maximum atomic E-state index is 12.9. The minimum Gasteiger partial charge on any atom is -0.325 e. The van der Waals surface area contributed by atoms with Gasteiger partial charge in [0.1, 0.15) is 0 Å². The van der Waals surface area contributed by atoms with Crippen molar-refractivity contribution >= 4 is 22.6 Å². The van der Waals surface area contributed by atoms with E-state index in [0.717, 1.165) is 66.1 Å². The lowest BCUT2D eigenvalue weighted by Crippen LogP contribution is -2.49. The fourth-order valence-corrected chi connectivity index (χ4v) is 4.54. The standard InChI is InChI=1S/C22H22N4O/c1-15-20(24-19-10-5-4-9-18(19)23-15)13-26-12-6-11-22(14-26)16-7-2-3-8-17(16)25-21(22)27/h2-5,7-10H,6,11-14H2,1H3,(H,25,27)/t22-/m1/s1. The Bertz CT molecular complexity index is 1050. The number of piperidine rings is 1. The van der Waals surface area contributed by atoms with Crippen LogP contribution in [0.2, 0.25) is 0 Å². The largest absolute Gasteiger partial charge is 0.325 e. The first-order valence-electron chi connectivity index (χ1n) is 9.51. The van der Waals surface area contributed by atoms with Crippen LogP contribution in [0.15, 0.2) is 48.5 Å². The molecular formula is C22H22N4O. The number of anilines is 1. The molecule has 0 aliphatic carbocycles. The summed E-state index contributed by atoms with van der Waals surface area (Å²) in [5.74, 6) is 0.134. The van der Waals surface area contributed by atoms with Crippen molar-refractivity contribution in [3.63, 3.8) is 0 Å². The lowest BCUT2D eigenvalue weighted by Gasteiger charge is -2.39. The summed E-state index contributed by atoms with van der Waals surface area (Å²) in [5, 5.41) is 3.08. The number of hydrogen-bond donors (Lipinski definition) is 1. The molecule has 5 heteroatoms. The first kappa shape index (κ1) is 16.4. The molecule has 1 aromatic heterocycles. The molecule has 1 N–H and O–H groups in total. The summed E-state index contributed by atoms with van der Waals surface area (Å²) < 4.78 is 0.